The molecule has 0 bridgehead atoms. The molecule has 0 atom stereocenters. The third-order valence-electron chi connectivity index (χ3n) is 1.93. The van der Waals surface area contributed by atoms with Gasteiger partial charge in [0.15, 0.2) is 0 Å². The van der Waals surface area contributed by atoms with Crippen molar-refractivity contribution < 1.29 is 19.1 Å². The van der Waals surface area contributed by atoms with Crippen molar-refractivity contribution in [1.82, 2.24) is 0 Å². The van der Waals surface area contributed by atoms with Crippen LogP contribution in [0.5, 0.6) is 5.75 Å². The smallest absolute Gasteiger partial charge is 0.337 e. The van der Waals surface area contributed by atoms with E-state index in [1.165, 1.54) is 27.2 Å². The molecule has 1 amide bonds. The molecule has 1 aromatic carbocycles. The molecule has 0 aliphatic carbocycles. The van der Waals surface area contributed by atoms with Gasteiger partial charge in [0.1, 0.15) is 5.75 Å². The fourth-order valence-corrected chi connectivity index (χ4v) is 1.24. The van der Waals surface area contributed by atoms with Crippen molar-refractivity contribution in [2.75, 3.05) is 19.5 Å². The minimum Gasteiger partial charge on any atom is -0.495 e. The normalized spacial score (nSPS) is 9.44. The van der Waals surface area contributed by atoms with E-state index in [4.69, 9.17) is 4.74 Å². The number of esters is 1. The van der Waals surface area contributed by atoms with Crippen LogP contribution in [0.2, 0.25) is 0 Å². The molecule has 1 rings (SSSR count). The van der Waals surface area contributed by atoms with Crippen LogP contribution in [0.4, 0.5) is 5.69 Å². The number of carbonyl (C=O) groups excluding carboxylic acids is 2. The van der Waals surface area contributed by atoms with E-state index in [0.717, 1.165) is 0 Å². The van der Waals surface area contributed by atoms with Gasteiger partial charge in [-0.15, -0.1) is 0 Å². The standard InChI is InChI=1S/C11H13NO4/c1-7(13)12-9-6-8(11(14)16-3)4-5-10(9)15-2/h4-6H,1-3H3,(H,12,13). The summed E-state index contributed by atoms with van der Waals surface area (Å²) in [6.45, 7) is 1.38. The molecule has 0 heterocycles. The van der Waals surface area contributed by atoms with Crippen molar-refractivity contribution in [3.8, 4) is 5.75 Å². The second-order valence-electron chi connectivity index (χ2n) is 3.09. The lowest BCUT2D eigenvalue weighted by Crippen LogP contribution is -2.09. The molecule has 0 fully saturated rings. The molecule has 1 N–H and O–H groups in total. The molecule has 5 nitrogen and oxygen atoms in total. The number of benzene rings is 1. The summed E-state index contributed by atoms with van der Waals surface area (Å²) in [5, 5.41) is 2.57. The molecule has 0 aromatic heterocycles. The van der Waals surface area contributed by atoms with Gasteiger partial charge in [0.05, 0.1) is 25.5 Å². The van der Waals surface area contributed by atoms with Gasteiger partial charge in [-0.3, -0.25) is 4.79 Å². The maximum Gasteiger partial charge on any atom is 0.337 e. The Balaban J connectivity index is 3.10. The lowest BCUT2D eigenvalue weighted by atomic mass is 10.2. The van der Waals surface area contributed by atoms with Crippen molar-refractivity contribution in [2.45, 2.75) is 6.92 Å². The molecule has 1 aromatic rings. The van der Waals surface area contributed by atoms with Crippen LogP contribution in [0.3, 0.4) is 0 Å². The Labute approximate surface area is 93.4 Å². The SMILES string of the molecule is COC(=O)c1ccc(OC)c(NC(C)=O)c1. The molecular formula is C11H13NO4. The largest absolute Gasteiger partial charge is 0.495 e. The molecule has 0 saturated carbocycles. The van der Waals surface area contributed by atoms with E-state index in [1.807, 2.05) is 0 Å². The van der Waals surface area contributed by atoms with E-state index in [0.29, 0.717) is 17.0 Å². The second-order valence-corrected chi connectivity index (χ2v) is 3.09. The Hall–Kier alpha value is -2.04. The Kier molecular flexibility index (Phi) is 3.88. The van der Waals surface area contributed by atoms with Gasteiger partial charge in [0.2, 0.25) is 5.91 Å². The zero-order chi connectivity index (χ0) is 12.1. The molecule has 5 heteroatoms. The Bertz CT molecular complexity index is 414. The number of hydrogen-bond acceptors (Lipinski definition) is 4. The Morgan fingerprint density at radius 2 is 1.94 bits per heavy atom. The molecule has 0 aliphatic rings. The summed E-state index contributed by atoms with van der Waals surface area (Å²) in [5.74, 6) is -0.211. The summed E-state index contributed by atoms with van der Waals surface area (Å²) < 4.78 is 9.63. The van der Waals surface area contributed by atoms with Crippen LogP contribution in [0, 0.1) is 0 Å². The van der Waals surface area contributed by atoms with E-state index in [9.17, 15) is 9.59 Å². The summed E-state index contributed by atoms with van der Waals surface area (Å²) in [6, 6.07) is 4.67. The Morgan fingerprint density at radius 3 is 2.44 bits per heavy atom. The maximum atomic E-state index is 11.3. The number of rotatable bonds is 3. The van der Waals surface area contributed by atoms with Crippen molar-refractivity contribution in [1.29, 1.82) is 0 Å². The van der Waals surface area contributed by atoms with Gasteiger partial charge in [-0.1, -0.05) is 0 Å². The third kappa shape index (κ3) is 2.73. The highest BCUT2D eigenvalue weighted by Crippen LogP contribution is 2.25. The van der Waals surface area contributed by atoms with Crippen LogP contribution in [-0.4, -0.2) is 26.1 Å². The molecule has 86 valence electrons. The predicted molar refractivity (Wildman–Crippen MR) is 58.6 cm³/mol. The van der Waals surface area contributed by atoms with Crippen LogP contribution in [0.1, 0.15) is 17.3 Å². The lowest BCUT2D eigenvalue weighted by molar-refractivity contribution is -0.114. The number of methoxy groups -OCH3 is 2. The van der Waals surface area contributed by atoms with Gasteiger partial charge >= 0.3 is 5.97 Å². The predicted octanol–water partition coefficient (Wildman–Crippen LogP) is 1.44. The van der Waals surface area contributed by atoms with Gasteiger partial charge in [-0.2, -0.15) is 0 Å². The number of carbonyl (C=O) groups is 2. The summed E-state index contributed by atoms with van der Waals surface area (Å²) in [7, 11) is 2.78. The van der Waals surface area contributed by atoms with E-state index < -0.39 is 5.97 Å². The van der Waals surface area contributed by atoms with Crippen molar-refractivity contribution in [3.05, 3.63) is 23.8 Å². The minimum absolute atomic E-state index is 0.236. The fourth-order valence-electron chi connectivity index (χ4n) is 1.24. The third-order valence-corrected chi connectivity index (χ3v) is 1.93. The van der Waals surface area contributed by atoms with Crippen LogP contribution < -0.4 is 10.1 Å². The van der Waals surface area contributed by atoms with Gasteiger partial charge in [0, 0.05) is 6.92 Å². The first kappa shape index (κ1) is 12.0. The lowest BCUT2D eigenvalue weighted by Gasteiger charge is -2.09. The van der Waals surface area contributed by atoms with Gasteiger partial charge in [-0.25, -0.2) is 4.79 Å². The number of hydrogen-bond donors (Lipinski definition) is 1. The van der Waals surface area contributed by atoms with Crippen LogP contribution in [0.15, 0.2) is 18.2 Å². The molecule has 16 heavy (non-hydrogen) atoms. The molecule has 0 radical (unpaired) electrons. The first-order valence-corrected chi connectivity index (χ1v) is 4.62. The zero-order valence-corrected chi connectivity index (χ0v) is 9.37. The quantitative estimate of drug-likeness (QED) is 0.787. The summed E-state index contributed by atoms with van der Waals surface area (Å²) in [5.41, 5.74) is 0.796. The highest BCUT2D eigenvalue weighted by atomic mass is 16.5. The molecule has 0 aliphatic heterocycles. The van der Waals surface area contributed by atoms with Gasteiger partial charge in [-0.05, 0) is 18.2 Å². The monoisotopic (exact) mass is 223 g/mol. The summed E-state index contributed by atoms with van der Waals surface area (Å²) in [4.78, 5) is 22.2. The first-order valence-electron chi connectivity index (χ1n) is 4.62. The van der Waals surface area contributed by atoms with Crippen molar-refractivity contribution in [2.24, 2.45) is 0 Å². The Morgan fingerprint density at radius 1 is 1.25 bits per heavy atom. The zero-order valence-electron chi connectivity index (χ0n) is 9.37. The van der Waals surface area contributed by atoms with Crippen LogP contribution in [0.25, 0.3) is 0 Å². The minimum atomic E-state index is -0.464. The highest BCUT2D eigenvalue weighted by Gasteiger charge is 2.10. The van der Waals surface area contributed by atoms with Crippen LogP contribution >= 0.6 is 0 Å². The average molecular weight is 223 g/mol. The molecule has 0 saturated heterocycles. The van der Waals surface area contributed by atoms with Gasteiger partial charge < -0.3 is 14.8 Å². The van der Waals surface area contributed by atoms with Gasteiger partial charge in [0.25, 0.3) is 0 Å². The van der Waals surface area contributed by atoms with E-state index in [-0.39, 0.29) is 5.91 Å². The molecule has 0 unspecified atom stereocenters. The summed E-state index contributed by atoms with van der Waals surface area (Å²) >= 11 is 0. The average Bonchev–Trinajstić information content (AvgIpc) is 2.27. The maximum absolute atomic E-state index is 11.3. The number of anilines is 1. The second kappa shape index (κ2) is 5.16. The first-order chi connectivity index (χ1) is 7.58. The fraction of sp³-hybridized carbons (Fsp3) is 0.273. The number of amides is 1. The van der Waals surface area contributed by atoms with E-state index >= 15 is 0 Å². The van der Waals surface area contributed by atoms with E-state index in [2.05, 4.69) is 10.1 Å². The molecular weight excluding hydrogens is 210 g/mol. The number of nitrogens with one attached hydrogen (secondary N) is 1. The van der Waals surface area contributed by atoms with Crippen molar-refractivity contribution in [3.63, 3.8) is 0 Å². The van der Waals surface area contributed by atoms with Crippen molar-refractivity contribution >= 4 is 17.6 Å². The van der Waals surface area contributed by atoms with E-state index in [1.54, 1.807) is 12.1 Å². The summed E-state index contributed by atoms with van der Waals surface area (Å²) in [6.07, 6.45) is 0. The molecule has 0 spiro atoms. The number of ether oxygens (including phenoxy) is 2. The topological polar surface area (TPSA) is 64.6 Å². The van der Waals surface area contributed by atoms with Crippen LogP contribution in [-0.2, 0) is 9.53 Å². The highest BCUT2D eigenvalue weighted by molar-refractivity contribution is 5.95.